The van der Waals surface area contributed by atoms with Crippen LogP contribution in [0.2, 0.25) is 0 Å². The molecule has 2 amide bonds. The normalized spacial score (nSPS) is 21.4. The Hall–Kier alpha value is -1.64. The van der Waals surface area contributed by atoms with E-state index in [2.05, 4.69) is 11.9 Å². The molecule has 1 atom stereocenters. The molecule has 1 heterocycles. The first-order valence-corrected chi connectivity index (χ1v) is 5.36. The highest BCUT2D eigenvalue weighted by Gasteiger charge is 2.27. The topological polar surface area (TPSA) is 46.2 Å². The molecule has 1 aliphatic heterocycles. The molecule has 1 unspecified atom stereocenters. The van der Waals surface area contributed by atoms with Gasteiger partial charge in [-0.15, -0.1) is 0 Å². The number of carbonyl (C=O) groups is 2. The van der Waals surface area contributed by atoms with E-state index in [1.807, 2.05) is 26.0 Å². The minimum absolute atomic E-state index is 0.188. The molecule has 0 aliphatic carbocycles. The Balaban J connectivity index is 2.85. The van der Waals surface area contributed by atoms with Crippen molar-refractivity contribution in [3.8, 4) is 0 Å². The number of piperidine rings is 1. The number of hydrogen-bond acceptors (Lipinski definition) is 2. The first-order valence-electron chi connectivity index (χ1n) is 5.36. The quantitative estimate of drug-likeness (QED) is 0.583. The van der Waals surface area contributed by atoms with Crippen LogP contribution in [0.1, 0.15) is 26.7 Å². The molecule has 3 heteroatoms. The van der Waals surface area contributed by atoms with E-state index in [1.54, 1.807) is 6.08 Å². The average molecular weight is 219 g/mol. The van der Waals surface area contributed by atoms with Crippen LogP contribution in [0, 0.1) is 5.92 Å². The van der Waals surface area contributed by atoms with Gasteiger partial charge in [-0.1, -0.05) is 30.4 Å². The lowest BCUT2D eigenvalue weighted by Gasteiger charge is -2.21. The lowest BCUT2D eigenvalue weighted by atomic mass is 9.90. The number of allylic oxidation sites excluding steroid dienone is 4. The van der Waals surface area contributed by atoms with Crippen molar-refractivity contribution in [1.29, 1.82) is 0 Å². The van der Waals surface area contributed by atoms with E-state index in [-0.39, 0.29) is 17.7 Å². The van der Waals surface area contributed by atoms with Crippen LogP contribution in [0.15, 0.2) is 36.0 Å². The van der Waals surface area contributed by atoms with Crippen LogP contribution >= 0.6 is 0 Å². The molecule has 0 aromatic heterocycles. The van der Waals surface area contributed by atoms with Crippen LogP contribution in [0.4, 0.5) is 0 Å². The zero-order valence-electron chi connectivity index (χ0n) is 9.75. The number of imide groups is 1. The fraction of sp³-hybridized carbons (Fsp3) is 0.385. The summed E-state index contributed by atoms with van der Waals surface area (Å²) in [5.74, 6) is -0.651. The molecule has 16 heavy (non-hydrogen) atoms. The smallest absolute Gasteiger partial charge is 0.234 e. The molecule has 0 aromatic rings. The number of amides is 2. The van der Waals surface area contributed by atoms with Crippen LogP contribution in [-0.2, 0) is 9.59 Å². The zero-order valence-corrected chi connectivity index (χ0v) is 9.75. The highest BCUT2D eigenvalue weighted by Crippen LogP contribution is 2.22. The van der Waals surface area contributed by atoms with Gasteiger partial charge in [-0.05, 0) is 25.8 Å². The Morgan fingerprint density at radius 3 is 2.56 bits per heavy atom. The maximum Gasteiger partial charge on any atom is 0.234 e. The Labute approximate surface area is 95.9 Å². The standard InChI is InChI=1S/C13H17NO2/c1-4-10(6-5-9(2)3)11-7-8-12(15)14-13(11)16/h4-6,11H,1,7-8H2,2-3H3,(H,14,15,16)/b10-6+. The summed E-state index contributed by atoms with van der Waals surface area (Å²) in [7, 11) is 0. The van der Waals surface area contributed by atoms with Crippen molar-refractivity contribution < 1.29 is 9.59 Å². The molecule has 0 radical (unpaired) electrons. The Kier molecular flexibility index (Phi) is 4.23. The molecule has 1 N–H and O–H groups in total. The average Bonchev–Trinajstić information content (AvgIpc) is 2.21. The lowest BCUT2D eigenvalue weighted by Crippen LogP contribution is -2.41. The molecule has 3 nitrogen and oxygen atoms in total. The van der Waals surface area contributed by atoms with Crippen molar-refractivity contribution in [2.45, 2.75) is 26.7 Å². The highest BCUT2D eigenvalue weighted by molar-refractivity contribution is 6.00. The van der Waals surface area contributed by atoms with Gasteiger partial charge in [-0.3, -0.25) is 14.9 Å². The third-order valence-corrected chi connectivity index (χ3v) is 2.49. The molecular weight excluding hydrogens is 202 g/mol. The number of nitrogens with one attached hydrogen (secondary N) is 1. The second-order valence-corrected chi connectivity index (χ2v) is 4.12. The minimum Gasteiger partial charge on any atom is -0.296 e. The van der Waals surface area contributed by atoms with Crippen molar-refractivity contribution in [2.24, 2.45) is 5.92 Å². The monoisotopic (exact) mass is 219 g/mol. The van der Waals surface area contributed by atoms with E-state index < -0.39 is 0 Å². The van der Waals surface area contributed by atoms with Gasteiger partial charge < -0.3 is 0 Å². The van der Waals surface area contributed by atoms with Gasteiger partial charge in [-0.2, -0.15) is 0 Å². The molecule has 1 aliphatic rings. The first kappa shape index (κ1) is 12.4. The molecule has 86 valence electrons. The van der Waals surface area contributed by atoms with Crippen LogP contribution in [0.3, 0.4) is 0 Å². The maximum absolute atomic E-state index is 11.6. The summed E-state index contributed by atoms with van der Waals surface area (Å²) in [6.07, 6.45) is 6.48. The van der Waals surface area contributed by atoms with E-state index in [0.717, 1.165) is 11.1 Å². The van der Waals surface area contributed by atoms with Crippen LogP contribution < -0.4 is 5.32 Å². The SMILES string of the molecule is C=C/C(=C\C=C(C)C)C1CCC(=O)NC1=O. The summed E-state index contributed by atoms with van der Waals surface area (Å²) in [6, 6.07) is 0. The van der Waals surface area contributed by atoms with Crippen molar-refractivity contribution in [3.05, 3.63) is 36.0 Å². The lowest BCUT2D eigenvalue weighted by molar-refractivity contribution is -0.135. The second kappa shape index (κ2) is 5.45. The van der Waals surface area contributed by atoms with Gasteiger partial charge >= 0.3 is 0 Å². The largest absolute Gasteiger partial charge is 0.296 e. The Morgan fingerprint density at radius 2 is 2.06 bits per heavy atom. The Morgan fingerprint density at radius 1 is 1.38 bits per heavy atom. The van der Waals surface area contributed by atoms with Gasteiger partial charge in [-0.25, -0.2) is 0 Å². The molecule has 1 rings (SSSR count). The van der Waals surface area contributed by atoms with E-state index in [9.17, 15) is 9.59 Å². The van der Waals surface area contributed by atoms with E-state index in [4.69, 9.17) is 0 Å². The molecule has 0 bridgehead atoms. The summed E-state index contributed by atoms with van der Waals surface area (Å²) in [5, 5.41) is 2.34. The van der Waals surface area contributed by atoms with Crippen molar-refractivity contribution in [1.82, 2.24) is 5.32 Å². The van der Waals surface area contributed by atoms with Crippen molar-refractivity contribution in [3.63, 3.8) is 0 Å². The van der Waals surface area contributed by atoms with E-state index >= 15 is 0 Å². The number of hydrogen-bond donors (Lipinski definition) is 1. The maximum atomic E-state index is 11.6. The third kappa shape index (κ3) is 3.19. The van der Waals surface area contributed by atoms with Crippen LogP contribution in [-0.4, -0.2) is 11.8 Å². The fourth-order valence-electron chi connectivity index (χ4n) is 1.60. The van der Waals surface area contributed by atoms with E-state index in [1.165, 1.54) is 0 Å². The van der Waals surface area contributed by atoms with Gasteiger partial charge in [0, 0.05) is 6.42 Å². The van der Waals surface area contributed by atoms with Gasteiger partial charge in [0.25, 0.3) is 0 Å². The van der Waals surface area contributed by atoms with Crippen LogP contribution in [0.5, 0.6) is 0 Å². The van der Waals surface area contributed by atoms with Crippen LogP contribution in [0.25, 0.3) is 0 Å². The molecule has 0 spiro atoms. The number of rotatable bonds is 3. The van der Waals surface area contributed by atoms with Crippen molar-refractivity contribution in [2.75, 3.05) is 0 Å². The second-order valence-electron chi connectivity index (χ2n) is 4.12. The fourth-order valence-corrected chi connectivity index (χ4v) is 1.60. The highest BCUT2D eigenvalue weighted by atomic mass is 16.2. The molecule has 0 aromatic carbocycles. The van der Waals surface area contributed by atoms with Gasteiger partial charge in [0.2, 0.25) is 11.8 Å². The Bertz CT molecular complexity index is 373. The summed E-state index contributed by atoms with van der Waals surface area (Å²) in [5.41, 5.74) is 2.03. The summed E-state index contributed by atoms with van der Waals surface area (Å²) in [4.78, 5) is 22.6. The predicted octanol–water partition coefficient (Wildman–Crippen LogP) is 2.12. The van der Waals surface area contributed by atoms with Crippen molar-refractivity contribution >= 4 is 11.8 Å². The van der Waals surface area contributed by atoms with E-state index in [0.29, 0.717) is 12.8 Å². The summed E-state index contributed by atoms with van der Waals surface area (Å²) < 4.78 is 0. The summed E-state index contributed by atoms with van der Waals surface area (Å²) >= 11 is 0. The molecule has 1 saturated heterocycles. The minimum atomic E-state index is -0.245. The third-order valence-electron chi connectivity index (χ3n) is 2.49. The molecule has 0 saturated carbocycles. The predicted molar refractivity (Wildman–Crippen MR) is 63.6 cm³/mol. The zero-order chi connectivity index (χ0) is 12.1. The first-order chi connectivity index (χ1) is 7.54. The van der Waals surface area contributed by atoms with Gasteiger partial charge in [0.05, 0.1) is 5.92 Å². The molecular formula is C13H17NO2. The van der Waals surface area contributed by atoms with Gasteiger partial charge in [0.1, 0.15) is 0 Å². The van der Waals surface area contributed by atoms with Gasteiger partial charge in [0.15, 0.2) is 0 Å². The molecule has 1 fully saturated rings. The summed E-state index contributed by atoms with van der Waals surface area (Å²) in [6.45, 7) is 7.68. The number of carbonyl (C=O) groups excluding carboxylic acids is 2.